The summed E-state index contributed by atoms with van der Waals surface area (Å²) in [6.07, 6.45) is 0.685. The molecular weight excluding hydrogens is 500 g/mol. The molecule has 0 saturated heterocycles. The zero-order valence-electron chi connectivity index (χ0n) is 22.9. The fourth-order valence-electron chi connectivity index (χ4n) is 5.75. The molecule has 0 aliphatic carbocycles. The monoisotopic (exact) mass is 532 g/mol. The number of phenolic OH excluding ortho intramolecular Hbond substituents is 6. The number of hydrogen-bond donors (Lipinski definition) is 6. The fourth-order valence-corrected chi connectivity index (χ4v) is 5.75. The summed E-state index contributed by atoms with van der Waals surface area (Å²) in [5.41, 5.74) is 0.602. The number of rotatable bonds is 4. The molecule has 4 rings (SSSR count). The van der Waals surface area contributed by atoms with Gasteiger partial charge in [-0.15, -0.1) is 0 Å². The first-order chi connectivity index (χ1) is 18.1. The molecule has 4 aromatic carbocycles. The van der Waals surface area contributed by atoms with Crippen molar-refractivity contribution in [2.45, 2.75) is 59.8 Å². The number of aldehydes is 2. The first kappa shape index (κ1) is 27.6. The highest BCUT2D eigenvalue weighted by molar-refractivity contribution is 6.14. The summed E-state index contributed by atoms with van der Waals surface area (Å²) in [7, 11) is 0. The second-order valence-electron chi connectivity index (χ2n) is 11.3. The number of fused-ring (bicyclic) bond motifs is 2. The van der Waals surface area contributed by atoms with E-state index in [4.69, 9.17) is 0 Å². The molecule has 0 atom stereocenters. The van der Waals surface area contributed by atoms with Crippen molar-refractivity contribution in [2.24, 2.45) is 0 Å². The van der Waals surface area contributed by atoms with Crippen LogP contribution in [0.1, 0.15) is 83.5 Å². The highest BCUT2D eigenvalue weighted by atomic mass is 16.3. The number of aromatic hydroxyl groups is 6. The van der Waals surface area contributed by atoms with E-state index in [1.165, 1.54) is 0 Å². The molecule has 39 heavy (non-hydrogen) atoms. The Hall–Kier alpha value is -4.46. The Morgan fingerprint density at radius 3 is 1.46 bits per heavy atom. The van der Waals surface area contributed by atoms with E-state index < -0.39 is 39.9 Å². The molecule has 8 heteroatoms. The van der Waals surface area contributed by atoms with Gasteiger partial charge in [-0.2, -0.15) is 0 Å². The first-order valence-electron chi connectivity index (χ1n) is 12.5. The van der Waals surface area contributed by atoms with Gasteiger partial charge in [0.05, 0.1) is 11.1 Å². The summed E-state index contributed by atoms with van der Waals surface area (Å²) in [5.74, 6) is -3.33. The topological polar surface area (TPSA) is 156 Å². The SMILES string of the molecule is Cc1cc2c(C(C)C)c(O)c(O)c(C=O)c2c(O)c1-c1c(C)cc2c(C(C)(C)C)c(O)c(O)c(C=O)c2c1O. The highest BCUT2D eigenvalue weighted by Gasteiger charge is 2.31. The molecule has 0 aliphatic rings. The lowest BCUT2D eigenvalue weighted by Gasteiger charge is -2.26. The van der Waals surface area contributed by atoms with Crippen molar-refractivity contribution in [2.75, 3.05) is 0 Å². The molecule has 0 fully saturated rings. The van der Waals surface area contributed by atoms with E-state index >= 15 is 0 Å². The lowest BCUT2D eigenvalue weighted by atomic mass is 9.79. The van der Waals surface area contributed by atoms with E-state index in [1.807, 2.05) is 20.8 Å². The molecule has 204 valence electrons. The largest absolute Gasteiger partial charge is 0.507 e. The molecular formula is C31H32O8. The van der Waals surface area contributed by atoms with Crippen LogP contribution in [0.5, 0.6) is 34.5 Å². The zero-order chi connectivity index (χ0) is 29.3. The van der Waals surface area contributed by atoms with Gasteiger partial charge in [-0.3, -0.25) is 9.59 Å². The minimum absolute atomic E-state index is 0.00282. The maximum Gasteiger partial charge on any atom is 0.169 e. The number of hydrogen-bond acceptors (Lipinski definition) is 8. The van der Waals surface area contributed by atoms with Gasteiger partial charge in [0.1, 0.15) is 11.5 Å². The Labute approximate surface area is 225 Å². The Morgan fingerprint density at radius 1 is 0.641 bits per heavy atom. The van der Waals surface area contributed by atoms with Gasteiger partial charge in [0.15, 0.2) is 35.6 Å². The van der Waals surface area contributed by atoms with E-state index in [0.29, 0.717) is 45.6 Å². The van der Waals surface area contributed by atoms with Crippen LogP contribution in [0.25, 0.3) is 32.7 Å². The van der Waals surface area contributed by atoms with Gasteiger partial charge in [0.25, 0.3) is 0 Å². The third-order valence-electron chi connectivity index (χ3n) is 7.36. The van der Waals surface area contributed by atoms with Crippen molar-refractivity contribution in [1.29, 1.82) is 0 Å². The number of aryl methyl sites for hydroxylation is 2. The van der Waals surface area contributed by atoms with Crippen molar-refractivity contribution in [1.82, 2.24) is 0 Å². The van der Waals surface area contributed by atoms with Crippen molar-refractivity contribution in [3.8, 4) is 45.6 Å². The van der Waals surface area contributed by atoms with Gasteiger partial charge in [0.2, 0.25) is 0 Å². The van der Waals surface area contributed by atoms with E-state index in [-0.39, 0.29) is 38.9 Å². The van der Waals surface area contributed by atoms with Crippen molar-refractivity contribution in [3.05, 3.63) is 45.5 Å². The molecule has 4 aromatic rings. The predicted octanol–water partition coefficient (Wildman–Crippen LogP) is 6.56. The molecule has 6 N–H and O–H groups in total. The standard InChI is InChI=1S/C31H32O8/c1-12(2)19-15-8-13(3)20(27(36)22(15)17(10-32)25(34)29(19)38)21-14(4)9-16-23(28(21)37)18(11-33)26(35)30(39)24(16)31(5,6)7/h8-12,34-39H,1-7H3. The third-order valence-corrected chi connectivity index (χ3v) is 7.36. The molecule has 0 unspecified atom stereocenters. The minimum Gasteiger partial charge on any atom is -0.507 e. The summed E-state index contributed by atoms with van der Waals surface area (Å²) < 4.78 is 0. The van der Waals surface area contributed by atoms with Crippen LogP contribution in [0.15, 0.2) is 12.1 Å². The van der Waals surface area contributed by atoms with E-state index in [1.54, 1.807) is 39.8 Å². The molecule has 0 aromatic heterocycles. The molecule has 0 spiro atoms. The summed E-state index contributed by atoms with van der Waals surface area (Å²) in [6, 6.07) is 3.32. The normalized spacial score (nSPS) is 12.0. The van der Waals surface area contributed by atoms with Crippen LogP contribution in [0, 0.1) is 13.8 Å². The van der Waals surface area contributed by atoms with E-state index in [9.17, 15) is 40.2 Å². The quantitative estimate of drug-likeness (QED) is 0.128. The Bertz CT molecular complexity index is 1720. The van der Waals surface area contributed by atoms with Gasteiger partial charge in [0, 0.05) is 33.0 Å². The van der Waals surface area contributed by atoms with Crippen molar-refractivity contribution in [3.63, 3.8) is 0 Å². The zero-order valence-corrected chi connectivity index (χ0v) is 22.9. The summed E-state index contributed by atoms with van der Waals surface area (Å²) in [6.45, 7) is 12.4. The Morgan fingerprint density at radius 2 is 1.05 bits per heavy atom. The number of carbonyl (C=O) groups excluding carboxylic acids is 2. The van der Waals surface area contributed by atoms with Gasteiger partial charge in [-0.05, 0) is 47.1 Å². The summed E-state index contributed by atoms with van der Waals surface area (Å²) in [4.78, 5) is 24.1. The average molecular weight is 533 g/mol. The lowest BCUT2D eigenvalue weighted by Crippen LogP contribution is -2.13. The summed E-state index contributed by atoms with van der Waals surface area (Å²) >= 11 is 0. The molecule has 0 heterocycles. The van der Waals surface area contributed by atoms with Crippen LogP contribution in [0.3, 0.4) is 0 Å². The maximum atomic E-state index is 12.1. The molecule has 0 bridgehead atoms. The third kappa shape index (κ3) is 3.81. The van der Waals surface area contributed by atoms with Crippen LogP contribution < -0.4 is 0 Å². The number of carbonyl (C=O) groups is 2. The van der Waals surface area contributed by atoms with E-state index in [0.717, 1.165) is 0 Å². The number of benzene rings is 4. The molecule has 8 nitrogen and oxygen atoms in total. The number of phenols is 6. The van der Waals surface area contributed by atoms with Gasteiger partial charge >= 0.3 is 0 Å². The second-order valence-corrected chi connectivity index (χ2v) is 11.3. The van der Waals surface area contributed by atoms with Crippen molar-refractivity contribution < 1.29 is 40.2 Å². The van der Waals surface area contributed by atoms with Gasteiger partial charge in [-0.25, -0.2) is 0 Å². The first-order valence-corrected chi connectivity index (χ1v) is 12.5. The highest BCUT2D eigenvalue weighted by Crippen LogP contribution is 2.54. The molecule has 0 amide bonds. The van der Waals surface area contributed by atoms with Crippen LogP contribution >= 0.6 is 0 Å². The lowest BCUT2D eigenvalue weighted by molar-refractivity contribution is 0.111. The van der Waals surface area contributed by atoms with Crippen LogP contribution in [0.4, 0.5) is 0 Å². The van der Waals surface area contributed by atoms with Crippen LogP contribution in [-0.2, 0) is 5.41 Å². The average Bonchev–Trinajstić information content (AvgIpc) is 2.82. The van der Waals surface area contributed by atoms with Gasteiger partial charge in [-0.1, -0.05) is 46.8 Å². The Kier molecular flexibility index (Phi) is 6.42. The van der Waals surface area contributed by atoms with Crippen LogP contribution in [0.2, 0.25) is 0 Å². The minimum atomic E-state index is -0.686. The van der Waals surface area contributed by atoms with Crippen LogP contribution in [-0.4, -0.2) is 43.2 Å². The molecule has 0 saturated carbocycles. The molecule has 0 aliphatic heterocycles. The van der Waals surface area contributed by atoms with E-state index in [2.05, 4.69) is 0 Å². The summed E-state index contributed by atoms with van der Waals surface area (Å²) in [5, 5.41) is 66.8. The van der Waals surface area contributed by atoms with Gasteiger partial charge < -0.3 is 30.6 Å². The second kappa shape index (κ2) is 9.08. The Balaban J connectivity index is 2.29. The smallest absolute Gasteiger partial charge is 0.169 e. The van der Waals surface area contributed by atoms with Crippen molar-refractivity contribution >= 4 is 34.1 Å². The maximum absolute atomic E-state index is 12.1. The molecule has 0 radical (unpaired) electrons. The predicted molar refractivity (Wildman–Crippen MR) is 150 cm³/mol. The fraction of sp³-hybridized carbons (Fsp3) is 0.290.